The van der Waals surface area contributed by atoms with Crippen molar-refractivity contribution in [2.75, 3.05) is 46.8 Å². The van der Waals surface area contributed by atoms with Gasteiger partial charge in [-0.05, 0) is 76.5 Å². The zero-order valence-electron chi connectivity index (χ0n) is 19.1. The second-order valence-corrected chi connectivity index (χ2v) is 8.54. The van der Waals surface area contributed by atoms with Gasteiger partial charge in [0.2, 0.25) is 5.91 Å². The lowest BCUT2D eigenvalue weighted by molar-refractivity contribution is -0.130. The Labute approximate surface area is 181 Å². The summed E-state index contributed by atoms with van der Waals surface area (Å²) in [4.78, 5) is 35.4. The predicted octanol–water partition coefficient (Wildman–Crippen LogP) is 2.83. The van der Waals surface area contributed by atoms with Gasteiger partial charge in [0.05, 0.1) is 0 Å². The Hall–Kier alpha value is -1.99. The van der Waals surface area contributed by atoms with Crippen LogP contribution in [0.2, 0.25) is 0 Å². The molecule has 3 amide bonds. The molecule has 1 aromatic rings. The van der Waals surface area contributed by atoms with E-state index < -0.39 is 0 Å². The molecule has 30 heavy (non-hydrogen) atoms. The topological polar surface area (TPSA) is 68.8 Å². The van der Waals surface area contributed by atoms with E-state index >= 15 is 0 Å². The van der Waals surface area contributed by atoms with E-state index in [1.54, 1.807) is 0 Å². The molecule has 0 aliphatic carbocycles. The van der Waals surface area contributed by atoms with Crippen molar-refractivity contribution >= 4 is 11.9 Å². The fraction of sp³-hybridized carbons (Fsp3) is 0.696. The highest BCUT2D eigenvalue weighted by molar-refractivity contribution is 5.94. The molecule has 1 aromatic heterocycles. The number of likely N-dealkylation sites (tertiary alicyclic amines) is 1. The summed E-state index contributed by atoms with van der Waals surface area (Å²) in [5.41, 5.74) is 1.28. The third kappa shape index (κ3) is 7.69. The second kappa shape index (κ2) is 12.6. The summed E-state index contributed by atoms with van der Waals surface area (Å²) in [6, 6.07) is 3.86. The molecule has 168 valence electrons. The number of carbonyl (C=O) groups is 2. The van der Waals surface area contributed by atoms with Crippen LogP contribution in [0.15, 0.2) is 24.5 Å². The van der Waals surface area contributed by atoms with Gasteiger partial charge < -0.3 is 10.2 Å². The molecule has 1 aliphatic heterocycles. The average molecular weight is 418 g/mol. The smallest absolute Gasteiger partial charge is 0.324 e. The number of hydrogen-bond donors (Lipinski definition) is 1. The number of urea groups is 1. The van der Waals surface area contributed by atoms with Crippen molar-refractivity contribution in [2.45, 2.75) is 46.1 Å². The van der Waals surface area contributed by atoms with E-state index in [0.717, 1.165) is 45.4 Å². The molecule has 0 radical (unpaired) electrons. The van der Waals surface area contributed by atoms with E-state index in [-0.39, 0.29) is 11.9 Å². The molecule has 0 unspecified atom stereocenters. The monoisotopic (exact) mass is 417 g/mol. The number of hydrogen-bond acceptors (Lipinski definition) is 5. The number of nitrogens with one attached hydrogen (secondary N) is 1. The van der Waals surface area contributed by atoms with Gasteiger partial charge in [0, 0.05) is 45.0 Å². The van der Waals surface area contributed by atoms with Crippen LogP contribution in [0.3, 0.4) is 0 Å². The SMILES string of the molecule is CC[C@@H]1CN(Cc2ccncc2)CC[C@H]1CC(=O)N(CC)C(=O)NCCCN(C)C. The van der Waals surface area contributed by atoms with Crippen LogP contribution in [-0.4, -0.2) is 78.4 Å². The fourth-order valence-corrected chi connectivity index (χ4v) is 4.23. The Bertz CT molecular complexity index is 652. The van der Waals surface area contributed by atoms with Crippen LogP contribution in [-0.2, 0) is 11.3 Å². The largest absolute Gasteiger partial charge is 0.338 e. The summed E-state index contributed by atoms with van der Waals surface area (Å²) in [5, 5.41) is 2.89. The Morgan fingerprint density at radius 1 is 1.20 bits per heavy atom. The number of rotatable bonds is 10. The van der Waals surface area contributed by atoms with Crippen LogP contribution < -0.4 is 5.32 Å². The fourth-order valence-electron chi connectivity index (χ4n) is 4.23. The van der Waals surface area contributed by atoms with Gasteiger partial charge in [0.25, 0.3) is 0 Å². The molecular weight excluding hydrogens is 378 g/mol. The van der Waals surface area contributed by atoms with Gasteiger partial charge >= 0.3 is 6.03 Å². The molecule has 0 spiro atoms. The third-order valence-corrected chi connectivity index (χ3v) is 6.01. The molecule has 0 aromatic carbocycles. The van der Waals surface area contributed by atoms with E-state index in [0.29, 0.717) is 31.3 Å². The third-order valence-electron chi connectivity index (χ3n) is 6.01. The van der Waals surface area contributed by atoms with Gasteiger partial charge in [-0.2, -0.15) is 0 Å². The van der Waals surface area contributed by atoms with Gasteiger partial charge in [-0.3, -0.25) is 19.6 Å². The molecular formula is C23H39N5O2. The minimum atomic E-state index is -0.260. The van der Waals surface area contributed by atoms with E-state index in [9.17, 15) is 9.59 Å². The second-order valence-electron chi connectivity index (χ2n) is 8.54. The zero-order valence-corrected chi connectivity index (χ0v) is 19.1. The summed E-state index contributed by atoms with van der Waals surface area (Å²) in [5.74, 6) is 0.770. The van der Waals surface area contributed by atoms with Gasteiger partial charge in [-0.25, -0.2) is 4.79 Å². The molecule has 7 nitrogen and oxygen atoms in total. The first-order valence-electron chi connectivity index (χ1n) is 11.3. The van der Waals surface area contributed by atoms with Crippen molar-refractivity contribution in [1.82, 2.24) is 25.0 Å². The Morgan fingerprint density at radius 3 is 2.57 bits per heavy atom. The summed E-state index contributed by atoms with van der Waals surface area (Å²) in [7, 11) is 4.02. The Balaban J connectivity index is 1.84. The lowest BCUT2D eigenvalue weighted by atomic mass is 9.81. The minimum Gasteiger partial charge on any atom is -0.338 e. The number of carbonyl (C=O) groups excluding carboxylic acids is 2. The molecule has 1 fully saturated rings. The highest BCUT2D eigenvalue weighted by Gasteiger charge is 2.31. The van der Waals surface area contributed by atoms with Crippen molar-refractivity contribution in [2.24, 2.45) is 11.8 Å². The summed E-state index contributed by atoms with van der Waals surface area (Å²) < 4.78 is 0. The van der Waals surface area contributed by atoms with Gasteiger partial charge in [-0.1, -0.05) is 13.3 Å². The number of imide groups is 1. The maximum absolute atomic E-state index is 12.9. The van der Waals surface area contributed by atoms with Crippen molar-refractivity contribution in [1.29, 1.82) is 0 Å². The molecule has 0 bridgehead atoms. The normalized spacial score (nSPS) is 19.6. The quantitative estimate of drug-likeness (QED) is 0.593. The van der Waals surface area contributed by atoms with Crippen molar-refractivity contribution in [3.63, 3.8) is 0 Å². The van der Waals surface area contributed by atoms with Gasteiger partial charge in [-0.15, -0.1) is 0 Å². The maximum Gasteiger partial charge on any atom is 0.324 e. The predicted molar refractivity (Wildman–Crippen MR) is 120 cm³/mol. The van der Waals surface area contributed by atoms with E-state index in [4.69, 9.17) is 0 Å². The standard InChI is InChI=1S/C23H39N5O2/c1-5-20-18-27(17-19-8-12-24-13-9-19)15-10-21(20)16-22(29)28(6-2)23(30)25-11-7-14-26(3)4/h8-9,12-13,20-21H,5-7,10-11,14-18H2,1-4H3,(H,25,30)/t20-,21+/m1/s1. The minimum absolute atomic E-state index is 0.0476. The van der Waals surface area contributed by atoms with Crippen LogP contribution in [0.25, 0.3) is 0 Å². The molecule has 2 heterocycles. The van der Waals surface area contributed by atoms with Crippen molar-refractivity contribution < 1.29 is 9.59 Å². The van der Waals surface area contributed by atoms with Gasteiger partial charge in [0.15, 0.2) is 0 Å². The molecule has 1 saturated heterocycles. The number of aromatic nitrogens is 1. The van der Waals surface area contributed by atoms with Crippen LogP contribution in [0.4, 0.5) is 4.79 Å². The molecule has 7 heteroatoms. The first-order valence-corrected chi connectivity index (χ1v) is 11.3. The van der Waals surface area contributed by atoms with Crippen molar-refractivity contribution in [3.05, 3.63) is 30.1 Å². The molecule has 2 atom stereocenters. The lowest BCUT2D eigenvalue weighted by Gasteiger charge is -2.38. The van der Waals surface area contributed by atoms with Crippen LogP contribution in [0.1, 0.15) is 45.1 Å². The number of nitrogens with zero attached hydrogens (tertiary/aromatic N) is 4. The Kier molecular flexibility index (Phi) is 10.2. The Morgan fingerprint density at radius 2 is 1.93 bits per heavy atom. The number of piperidine rings is 1. The van der Waals surface area contributed by atoms with Crippen LogP contribution in [0.5, 0.6) is 0 Å². The molecule has 0 saturated carbocycles. The summed E-state index contributed by atoms with van der Waals surface area (Å²) in [6.07, 6.45) is 7.05. The first kappa shape index (κ1) is 24.3. The average Bonchev–Trinajstić information content (AvgIpc) is 2.73. The first-order chi connectivity index (χ1) is 14.4. The van der Waals surface area contributed by atoms with E-state index in [2.05, 4.69) is 39.2 Å². The van der Waals surface area contributed by atoms with E-state index in [1.165, 1.54) is 10.5 Å². The number of pyridine rings is 1. The molecule has 1 N–H and O–H groups in total. The maximum atomic E-state index is 12.9. The van der Waals surface area contributed by atoms with Crippen LogP contribution >= 0.6 is 0 Å². The summed E-state index contributed by atoms with van der Waals surface area (Å²) >= 11 is 0. The summed E-state index contributed by atoms with van der Waals surface area (Å²) in [6.45, 7) is 8.90. The highest BCUT2D eigenvalue weighted by atomic mass is 16.2. The van der Waals surface area contributed by atoms with Crippen LogP contribution in [0, 0.1) is 11.8 Å². The molecule has 2 rings (SSSR count). The van der Waals surface area contributed by atoms with Gasteiger partial charge in [0.1, 0.15) is 0 Å². The highest BCUT2D eigenvalue weighted by Crippen LogP contribution is 2.30. The van der Waals surface area contributed by atoms with Crippen molar-refractivity contribution in [3.8, 4) is 0 Å². The van der Waals surface area contributed by atoms with E-state index in [1.807, 2.05) is 33.4 Å². The molecule has 1 aliphatic rings. The lowest BCUT2D eigenvalue weighted by Crippen LogP contribution is -2.46. The number of amides is 3. The zero-order chi connectivity index (χ0) is 21.9.